The minimum Gasteiger partial charge on any atom is -0.326 e. The number of nitrogens with zero attached hydrogens (tertiary/aromatic N) is 1. The van der Waals surface area contributed by atoms with Crippen LogP contribution in [-0.2, 0) is 6.54 Å². The largest absolute Gasteiger partial charge is 0.326 e. The third kappa shape index (κ3) is 2.69. The zero-order valence-electron chi connectivity index (χ0n) is 6.40. The molecule has 72 valence electrons. The molecule has 1 aromatic rings. The lowest BCUT2D eigenvalue weighted by Crippen LogP contribution is -2.06. The first-order chi connectivity index (χ1) is 6.06. The molecular formula is C7H6F2I2N2. The molecule has 0 spiro atoms. The van der Waals surface area contributed by atoms with Gasteiger partial charge in [-0.2, -0.15) is 0 Å². The van der Waals surface area contributed by atoms with Crippen LogP contribution >= 0.6 is 45.2 Å². The summed E-state index contributed by atoms with van der Waals surface area (Å²) in [5, 5.41) is 0. The molecule has 0 aliphatic carbocycles. The summed E-state index contributed by atoms with van der Waals surface area (Å²) in [6.45, 7) is 0.119. The topological polar surface area (TPSA) is 38.9 Å². The van der Waals surface area contributed by atoms with Crippen molar-refractivity contribution in [1.29, 1.82) is 0 Å². The Balaban J connectivity index is 3.30. The summed E-state index contributed by atoms with van der Waals surface area (Å²) in [5.74, 6) is 0. The molecule has 0 saturated heterocycles. The van der Waals surface area contributed by atoms with Gasteiger partial charge in [0.15, 0.2) is 0 Å². The lowest BCUT2D eigenvalue weighted by Gasteiger charge is -2.08. The van der Waals surface area contributed by atoms with Crippen molar-refractivity contribution in [3.05, 3.63) is 24.6 Å². The second-order valence-electron chi connectivity index (χ2n) is 2.31. The maximum Gasteiger partial charge on any atom is 0.266 e. The number of rotatable bonds is 2. The Kier molecular flexibility index (Phi) is 4.23. The van der Waals surface area contributed by atoms with Gasteiger partial charge in [0.1, 0.15) is 7.40 Å². The van der Waals surface area contributed by atoms with E-state index >= 15 is 0 Å². The average molecular weight is 410 g/mol. The van der Waals surface area contributed by atoms with Crippen LogP contribution < -0.4 is 5.73 Å². The number of hydrogen-bond donors (Lipinski definition) is 1. The number of nitrogens with two attached hydrogens (primary N) is 1. The van der Waals surface area contributed by atoms with Crippen LogP contribution in [-0.4, -0.2) is 4.98 Å². The summed E-state index contributed by atoms with van der Waals surface area (Å²) in [5.41, 5.74) is 5.79. The van der Waals surface area contributed by atoms with Gasteiger partial charge in [-0.05, 0) is 56.8 Å². The second kappa shape index (κ2) is 4.78. The van der Waals surface area contributed by atoms with Crippen LogP contribution in [0, 0.1) is 7.40 Å². The lowest BCUT2D eigenvalue weighted by atomic mass is 10.1. The molecule has 1 rings (SSSR count). The highest BCUT2D eigenvalue weighted by Gasteiger charge is 2.17. The Hall–Kier alpha value is 0.430. The van der Waals surface area contributed by atoms with Gasteiger partial charge in [-0.15, -0.1) is 0 Å². The van der Waals surface area contributed by atoms with Gasteiger partial charge < -0.3 is 5.73 Å². The van der Waals surface area contributed by atoms with E-state index in [1.165, 1.54) is 0 Å². The minimum absolute atomic E-state index is 0.0384. The first-order valence-electron chi connectivity index (χ1n) is 3.39. The van der Waals surface area contributed by atoms with E-state index in [9.17, 15) is 8.78 Å². The van der Waals surface area contributed by atoms with Crippen molar-refractivity contribution in [2.45, 2.75) is 13.0 Å². The Morgan fingerprint density at radius 3 is 2.54 bits per heavy atom. The molecule has 0 radical (unpaired) electrons. The molecule has 0 atom stereocenters. The third-order valence-corrected chi connectivity index (χ3v) is 2.88. The molecule has 0 unspecified atom stereocenters. The van der Waals surface area contributed by atoms with Crippen molar-refractivity contribution in [2.75, 3.05) is 0 Å². The summed E-state index contributed by atoms with van der Waals surface area (Å²) >= 11 is 3.78. The Labute approximate surface area is 102 Å². The zero-order valence-corrected chi connectivity index (χ0v) is 10.7. The van der Waals surface area contributed by atoms with Crippen LogP contribution in [0.2, 0.25) is 0 Å². The van der Waals surface area contributed by atoms with Crippen molar-refractivity contribution in [1.82, 2.24) is 4.98 Å². The fourth-order valence-electron chi connectivity index (χ4n) is 0.939. The highest BCUT2D eigenvalue weighted by atomic mass is 127. The predicted molar refractivity (Wildman–Crippen MR) is 62.5 cm³/mol. The third-order valence-electron chi connectivity index (χ3n) is 1.50. The van der Waals surface area contributed by atoms with Crippen LogP contribution in [0.3, 0.4) is 0 Å². The van der Waals surface area contributed by atoms with Gasteiger partial charge in [0.25, 0.3) is 6.43 Å². The van der Waals surface area contributed by atoms with Gasteiger partial charge in [-0.3, -0.25) is 0 Å². The molecule has 0 aliphatic heterocycles. The SMILES string of the molecule is NCc1cc(I)nc(I)c1C(F)F. The van der Waals surface area contributed by atoms with Crippen molar-refractivity contribution < 1.29 is 8.78 Å². The highest BCUT2D eigenvalue weighted by molar-refractivity contribution is 14.1. The standard InChI is InChI=1S/C7H6F2I2N2/c8-6(9)5-3(2-12)1-4(10)13-7(5)11/h1,6H,2,12H2. The van der Waals surface area contributed by atoms with Crippen molar-refractivity contribution in [3.8, 4) is 0 Å². The van der Waals surface area contributed by atoms with Gasteiger partial charge in [0.05, 0.1) is 5.56 Å². The van der Waals surface area contributed by atoms with Gasteiger partial charge >= 0.3 is 0 Å². The summed E-state index contributed by atoms with van der Waals surface area (Å²) in [4.78, 5) is 3.94. The molecule has 0 saturated carbocycles. The fraction of sp³-hybridized carbons (Fsp3) is 0.286. The maximum absolute atomic E-state index is 12.5. The molecule has 0 bridgehead atoms. The highest BCUT2D eigenvalue weighted by Crippen LogP contribution is 2.27. The van der Waals surface area contributed by atoms with Crippen molar-refractivity contribution in [2.24, 2.45) is 5.73 Å². The summed E-state index contributed by atoms with van der Waals surface area (Å²) in [7, 11) is 0. The van der Waals surface area contributed by atoms with Gasteiger partial charge in [-0.25, -0.2) is 13.8 Å². The van der Waals surface area contributed by atoms with Crippen molar-refractivity contribution in [3.63, 3.8) is 0 Å². The Morgan fingerprint density at radius 2 is 2.08 bits per heavy atom. The second-order valence-corrected chi connectivity index (χ2v) is 4.44. The number of hydrogen-bond acceptors (Lipinski definition) is 2. The molecule has 2 nitrogen and oxygen atoms in total. The minimum atomic E-state index is -2.50. The van der Waals surface area contributed by atoms with E-state index in [1.54, 1.807) is 28.7 Å². The predicted octanol–water partition coefficient (Wildman–Crippen LogP) is 2.69. The monoisotopic (exact) mass is 410 g/mol. The molecule has 2 N–H and O–H groups in total. The Morgan fingerprint density at radius 1 is 1.46 bits per heavy atom. The summed E-state index contributed by atoms with van der Waals surface area (Å²) < 4.78 is 26.0. The van der Waals surface area contributed by atoms with E-state index in [0.29, 0.717) is 13.0 Å². The normalized spacial score (nSPS) is 10.9. The molecule has 0 aromatic carbocycles. The Bertz CT molecular complexity index is 318. The number of pyridine rings is 1. The van der Waals surface area contributed by atoms with E-state index in [2.05, 4.69) is 4.98 Å². The molecule has 13 heavy (non-hydrogen) atoms. The fourth-order valence-corrected chi connectivity index (χ4v) is 2.86. The van der Waals surface area contributed by atoms with Gasteiger partial charge in [0.2, 0.25) is 0 Å². The van der Waals surface area contributed by atoms with E-state index in [1.807, 2.05) is 22.6 Å². The quantitative estimate of drug-likeness (QED) is 0.602. The van der Waals surface area contributed by atoms with Crippen LogP contribution in [0.15, 0.2) is 6.07 Å². The van der Waals surface area contributed by atoms with E-state index in [0.717, 1.165) is 0 Å². The number of aromatic nitrogens is 1. The lowest BCUT2D eigenvalue weighted by molar-refractivity contribution is 0.148. The molecule has 0 fully saturated rings. The smallest absolute Gasteiger partial charge is 0.266 e. The van der Waals surface area contributed by atoms with E-state index in [-0.39, 0.29) is 12.1 Å². The summed E-state index contributed by atoms with van der Waals surface area (Å²) in [6.07, 6.45) is -2.50. The molecule has 0 amide bonds. The first-order valence-corrected chi connectivity index (χ1v) is 5.55. The number of halogens is 4. The molecule has 6 heteroatoms. The van der Waals surface area contributed by atoms with Crippen LogP contribution in [0.4, 0.5) is 8.78 Å². The van der Waals surface area contributed by atoms with Gasteiger partial charge in [0, 0.05) is 6.54 Å². The zero-order chi connectivity index (χ0) is 10.0. The number of alkyl halides is 2. The van der Waals surface area contributed by atoms with Crippen LogP contribution in [0.5, 0.6) is 0 Å². The van der Waals surface area contributed by atoms with E-state index < -0.39 is 6.43 Å². The molecule has 0 aliphatic rings. The average Bonchev–Trinajstić information content (AvgIpc) is 2.01. The summed E-state index contributed by atoms with van der Waals surface area (Å²) in [6, 6.07) is 1.59. The molecule has 1 aromatic heterocycles. The van der Waals surface area contributed by atoms with Crippen LogP contribution in [0.25, 0.3) is 0 Å². The van der Waals surface area contributed by atoms with E-state index in [4.69, 9.17) is 5.73 Å². The van der Waals surface area contributed by atoms with Crippen molar-refractivity contribution >= 4 is 45.2 Å². The van der Waals surface area contributed by atoms with Gasteiger partial charge in [-0.1, -0.05) is 0 Å². The molecular weight excluding hydrogens is 404 g/mol. The maximum atomic E-state index is 12.5. The first kappa shape index (κ1) is 11.5. The van der Waals surface area contributed by atoms with Crippen LogP contribution in [0.1, 0.15) is 17.6 Å². The molecule has 1 heterocycles.